The third-order valence-corrected chi connectivity index (χ3v) is 1.71. The molecule has 2 nitrogen and oxygen atoms in total. The molecule has 0 radical (unpaired) electrons. The van der Waals surface area contributed by atoms with Crippen LogP contribution in [-0.4, -0.2) is 6.54 Å². The fourth-order valence-electron chi connectivity index (χ4n) is 0.841. The highest BCUT2D eigenvalue weighted by Gasteiger charge is 1.95. The first kappa shape index (κ1) is 12.1. The Labute approximate surface area is 85.1 Å². The highest BCUT2D eigenvalue weighted by molar-refractivity contribution is 6.33. The van der Waals surface area contributed by atoms with Crippen LogP contribution < -0.4 is 11.1 Å². The third-order valence-electron chi connectivity index (χ3n) is 1.38. The van der Waals surface area contributed by atoms with E-state index >= 15 is 0 Å². The second-order valence-electron chi connectivity index (χ2n) is 2.27. The van der Waals surface area contributed by atoms with Crippen molar-refractivity contribution in [1.82, 2.24) is 0 Å². The van der Waals surface area contributed by atoms with E-state index in [9.17, 15) is 0 Å². The number of nitrogens with two attached hydrogens (primary N) is 1. The van der Waals surface area contributed by atoms with Gasteiger partial charge in [-0.1, -0.05) is 25.4 Å². The minimum absolute atomic E-state index is 0.600. The van der Waals surface area contributed by atoms with E-state index in [0.717, 1.165) is 12.2 Å². The van der Waals surface area contributed by atoms with E-state index in [1.807, 2.05) is 32.9 Å². The quantitative estimate of drug-likeness (QED) is 0.719. The molecule has 3 heteroatoms. The van der Waals surface area contributed by atoms with Crippen molar-refractivity contribution in [2.75, 3.05) is 17.6 Å². The predicted octanol–water partition coefficient (Wildman–Crippen LogP) is 3.38. The topological polar surface area (TPSA) is 38.0 Å². The Kier molecular flexibility index (Phi) is 6.15. The molecule has 0 spiro atoms. The Balaban J connectivity index is 0.000000671. The van der Waals surface area contributed by atoms with Crippen LogP contribution in [0.5, 0.6) is 0 Å². The van der Waals surface area contributed by atoms with Gasteiger partial charge in [-0.15, -0.1) is 0 Å². The Morgan fingerprint density at radius 3 is 2.46 bits per heavy atom. The molecule has 0 saturated heterocycles. The largest absolute Gasteiger partial charge is 0.398 e. The zero-order chi connectivity index (χ0) is 10.3. The SMILES string of the molecule is CC.CCNc1ccc(N)c(Cl)c1. The van der Waals surface area contributed by atoms with Gasteiger partial charge in [-0.3, -0.25) is 0 Å². The van der Waals surface area contributed by atoms with Gasteiger partial charge in [0.2, 0.25) is 0 Å². The molecule has 0 heterocycles. The number of nitrogen functional groups attached to an aromatic ring is 1. The van der Waals surface area contributed by atoms with Gasteiger partial charge in [0.1, 0.15) is 0 Å². The molecule has 0 amide bonds. The van der Waals surface area contributed by atoms with Gasteiger partial charge in [0.15, 0.2) is 0 Å². The Morgan fingerprint density at radius 2 is 2.00 bits per heavy atom. The number of anilines is 2. The molecule has 0 fully saturated rings. The monoisotopic (exact) mass is 200 g/mol. The lowest BCUT2D eigenvalue weighted by Gasteiger charge is -2.04. The highest BCUT2D eigenvalue weighted by Crippen LogP contribution is 2.22. The van der Waals surface area contributed by atoms with Crippen LogP contribution in [0.25, 0.3) is 0 Å². The van der Waals surface area contributed by atoms with Crippen molar-refractivity contribution in [3.05, 3.63) is 23.2 Å². The fourth-order valence-corrected chi connectivity index (χ4v) is 1.02. The maximum Gasteiger partial charge on any atom is 0.0655 e. The van der Waals surface area contributed by atoms with Gasteiger partial charge in [-0.05, 0) is 25.1 Å². The van der Waals surface area contributed by atoms with Gasteiger partial charge in [-0.25, -0.2) is 0 Å². The Bertz CT molecular complexity index is 249. The zero-order valence-corrected chi connectivity index (χ0v) is 9.15. The molecule has 0 aliphatic heterocycles. The first-order chi connectivity index (χ1) is 6.24. The van der Waals surface area contributed by atoms with Crippen molar-refractivity contribution < 1.29 is 0 Å². The van der Waals surface area contributed by atoms with Crippen LogP contribution in [0.3, 0.4) is 0 Å². The van der Waals surface area contributed by atoms with E-state index in [1.54, 1.807) is 6.07 Å². The van der Waals surface area contributed by atoms with Crippen LogP contribution in [0.15, 0.2) is 18.2 Å². The standard InChI is InChI=1S/C8H11ClN2.C2H6/c1-2-11-6-3-4-8(10)7(9)5-6;1-2/h3-5,11H,2,10H2,1H3;1-2H3. The molecule has 1 aromatic rings. The summed E-state index contributed by atoms with van der Waals surface area (Å²) in [6, 6.07) is 5.52. The highest BCUT2D eigenvalue weighted by atomic mass is 35.5. The minimum atomic E-state index is 0.600. The van der Waals surface area contributed by atoms with Gasteiger partial charge < -0.3 is 11.1 Å². The van der Waals surface area contributed by atoms with Gasteiger partial charge >= 0.3 is 0 Å². The summed E-state index contributed by atoms with van der Waals surface area (Å²) < 4.78 is 0. The van der Waals surface area contributed by atoms with Crippen molar-refractivity contribution in [2.45, 2.75) is 20.8 Å². The van der Waals surface area contributed by atoms with Crippen LogP contribution in [0, 0.1) is 0 Å². The summed E-state index contributed by atoms with van der Waals surface area (Å²) in [6.07, 6.45) is 0. The Morgan fingerprint density at radius 1 is 1.38 bits per heavy atom. The van der Waals surface area contributed by atoms with Gasteiger partial charge in [0.25, 0.3) is 0 Å². The van der Waals surface area contributed by atoms with E-state index in [0.29, 0.717) is 10.7 Å². The van der Waals surface area contributed by atoms with E-state index in [4.69, 9.17) is 17.3 Å². The molecule has 0 aliphatic carbocycles. The number of nitrogens with one attached hydrogen (secondary N) is 1. The number of hydrogen-bond donors (Lipinski definition) is 2. The summed E-state index contributed by atoms with van der Waals surface area (Å²) in [7, 11) is 0. The minimum Gasteiger partial charge on any atom is -0.398 e. The average Bonchev–Trinajstić information content (AvgIpc) is 2.15. The lowest BCUT2D eigenvalue weighted by Crippen LogP contribution is -1.96. The molecule has 13 heavy (non-hydrogen) atoms. The lowest BCUT2D eigenvalue weighted by atomic mass is 10.3. The summed E-state index contributed by atoms with van der Waals surface area (Å²) in [5.74, 6) is 0. The number of hydrogen-bond acceptors (Lipinski definition) is 2. The molecule has 3 N–H and O–H groups in total. The first-order valence-electron chi connectivity index (χ1n) is 4.53. The van der Waals surface area contributed by atoms with Crippen LogP contribution in [0.1, 0.15) is 20.8 Å². The van der Waals surface area contributed by atoms with E-state index in [1.165, 1.54) is 0 Å². The summed E-state index contributed by atoms with van der Waals surface area (Å²) in [6.45, 7) is 6.92. The van der Waals surface area contributed by atoms with Crippen molar-refractivity contribution in [3.63, 3.8) is 0 Å². The normalized spacial score (nSPS) is 8.62. The zero-order valence-electron chi connectivity index (χ0n) is 8.39. The first-order valence-corrected chi connectivity index (χ1v) is 4.90. The molecular weight excluding hydrogens is 184 g/mol. The molecule has 0 unspecified atom stereocenters. The fraction of sp³-hybridized carbons (Fsp3) is 0.400. The van der Waals surface area contributed by atoms with E-state index < -0.39 is 0 Å². The van der Waals surface area contributed by atoms with Crippen molar-refractivity contribution in [2.24, 2.45) is 0 Å². The van der Waals surface area contributed by atoms with Crippen LogP contribution in [0.2, 0.25) is 5.02 Å². The van der Waals surface area contributed by atoms with E-state index in [-0.39, 0.29) is 0 Å². The van der Waals surface area contributed by atoms with E-state index in [2.05, 4.69) is 5.32 Å². The van der Waals surface area contributed by atoms with Crippen LogP contribution in [-0.2, 0) is 0 Å². The molecule has 0 aliphatic rings. The summed E-state index contributed by atoms with van der Waals surface area (Å²) >= 11 is 5.78. The van der Waals surface area contributed by atoms with Crippen molar-refractivity contribution >= 4 is 23.0 Å². The van der Waals surface area contributed by atoms with Gasteiger partial charge in [0, 0.05) is 12.2 Å². The Hall–Kier alpha value is -0.890. The second kappa shape index (κ2) is 6.61. The average molecular weight is 201 g/mol. The number of rotatable bonds is 2. The van der Waals surface area contributed by atoms with Crippen LogP contribution in [0.4, 0.5) is 11.4 Å². The molecule has 0 atom stereocenters. The lowest BCUT2D eigenvalue weighted by molar-refractivity contribution is 1.21. The molecule has 0 aromatic heterocycles. The maximum atomic E-state index is 5.78. The summed E-state index contributed by atoms with van der Waals surface area (Å²) in [5, 5.41) is 3.74. The van der Waals surface area contributed by atoms with Crippen molar-refractivity contribution in [3.8, 4) is 0 Å². The number of halogens is 1. The maximum absolute atomic E-state index is 5.78. The molecule has 0 saturated carbocycles. The third kappa shape index (κ3) is 4.04. The second-order valence-corrected chi connectivity index (χ2v) is 2.67. The van der Waals surface area contributed by atoms with Crippen molar-refractivity contribution in [1.29, 1.82) is 0 Å². The van der Waals surface area contributed by atoms with Gasteiger partial charge in [-0.2, -0.15) is 0 Å². The molecule has 1 rings (SSSR count). The molecular formula is C10H17ClN2. The van der Waals surface area contributed by atoms with Crippen LogP contribution >= 0.6 is 11.6 Å². The van der Waals surface area contributed by atoms with Gasteiger partial charge in [0.05, 0.1) is 10.7 Å². The molecule has 1 aromatic carbocycles. The number of benzene rings is 1. The molecule has 0 bridgehead atoms. The smallest absolute Gasteiger partial charge is 0.0655 e. The predicted molar refractivity (Wildman–Crippen MR) is 61.4 cm³/mol. The summed E-state index contributed by atoms with van der Waals surface area (Å²) in [5.41, 5.74) is 7.15. The summed E-state index contributed by atoms with van der Waals surface area (Å²) in [4.78, 5) is 0. The molecule has 74 valence electrons.